The Hall–Kier alpha value is -2.34. The Morgan fingerprint density at radius 1 is 1.40 bits per heavy atom. The summed E-state index contributed by atoms with van der Waals surface area (Å²) in [4.78, 5) is 14.4. The highest BCUT2D eigenvalue weighted by molar-refractivity contribution is 7.14. The van der Waals surface area contributed by atoms with Gasteiger partial charge >= 0.3 is 0 Å². The van der Waals surface area contributed by atoms with Crippen LogP contribution in [-0.4, -0.2) is 23.8 Å². The molecule has 0 spiro atoms. The summed E-state index contributed by atoms with van der Waals surface area (Å²) in [5, 5.41) is 14.1. The highest BCUT2D eigenvalue weighted by Crippen LogP contribution is 2.32. The minimum atomic E-state index is -0.214. The molecule has 0 bridgehead atoms. The summed E-state index contributed by atoms with van der Waals surface area (Å²) in [6.07, 6.45) is 3.27. The Bertz CT molecular complexity index is 826. The number of nitrogens with zero attached hydrogens (tertiary/aromatic N) is 1. The third-order valence-electron chi connectivity index (χ3n) is 4.47. The molecule has 132 valence electrons. The molecule has 25 heavy (non-hydrogen) atoms. The maximum absolute atomic E-state index is 12.4. The van der Waals surface area contributed by atoms with Gasteiger partial charge in [0, 0.05) is 10.4 Å². The molecule has 1 aromatic heterocycles. The molecule has 3 rings (SSSR count). The molecule has 1 aliphatic rings. The minimum Gasteiger partial charge on any atom is -0.507 e. The number of aryl methyl sites for hydroxylation is 1. The maximum Gasteiger partial charge on any atom is 0.281 e. The number of phenolic OH excluding ortho intramolecular Hbond substituents is 1. The van der Waals surface area contributed by atoms with Gasteiger partial charge in [0.25, 0.3) is 5.91 Å². The van der Waals surface area contributed by atoms with E-state index in [1.165, 1.54) is 16.9 Å². The lowest BCUT2D eigenvalue weighted by molar-refractivity contribution is 0.0958. The third-order valence-corrected chi connectivity index (χ3v) is 5.71. The number of carbonyl (C=O) groups is 1. The van der Waals surface area contributed by atoms with E-state index in [0.717, 1.165) is 12.8 Å². The van der Waals surface area contributed by atoms with E-state index < -0.39 is 0 Å². The quantitative estimate of drug-likeness (QED) is 0.646. The fourth-order valence-electron chi connectivity index (χ4n) is 3.00. The number of nitrogens with one attached hydrogen (secondary N) is 1. The number of thiophene rings is 1. The number of amides is 1. The van der Waals surface area contributed by atoms with Gasteiger partial charge in [-0.2, -0.15) is 5.10 Å². The van der Waals surface area contributed by atoms with Gasteiger partial charge in [0.2, 0.25) is 0 Å². The van der Waals surface area contributed by atoms with Gasteiger partial charge in [0.1, 0.15) is 11.5 Å². The average molecular weight is 358 g/mol. The molecular formula is C19H22N2O3S. The number of hydrogen-bond donors (Lipinski definition) is 2. The van der Waals surface area contributed by atoms with Gasteiger partial charge in [-0.25, -0.2) is 5.43 Å². The van der Waals surface area contributed by atoms with Crippen LogP contribution < -0.4 is 10.2 Å². The Morgan fingerprint density at radius 3 is 2.96 bits per heavy atom. The first-order valence-corrected chi connectivity index (χ1v) is 9.13. The van der Waals surface area contributed by atoms with E-state index in [4.69, 9.17) is 4.74 Å². The molecule has 5 nitrogen and oxygen atoms in total. The van der Waals surface area contributed by atoms with Crippen LogP contribution in [0.3, 0.4) is 0 Å². The Balaban J connectivity index is 1.74. The number of hydrazone groups is 1. The standard InChI is InChI=1S/C19H22N2O3S/c1-11-4-7-17-13(8-11)9-18(25-17)19(23)21-20-12(2)15-10-14(24-3)5-6-16(15)22/h5-6,9-11,22H,4,7-8H2,1-3H3,(H,21,23)/b20-12+. The predicted molar refractivity (Wildman–Crippen MR) is 99.8 cm³/mol. The normalized spacial score (nSPS) is 17.1. The van der Waals surface area contributed by atoms with Crippen molar-refractivity contribution in [3.63, 3.8) is 0 Å². The molecule has 2 aromatic rings. The second-order valence-electron chi connectivity index (χ2n) is 6.43. The van der Waals surface area contributed by atoms with Crippen LogP contribution in [0.5, 0.6) is 11.5 Å². The zero-order valence-electron chi connectivity index (χ0n) is 14.6. The van der Waals surface area contributed by atoms with Crippen LogP contribution in [-0.2, 0) is 12.8 Å². The zero-order chi connectivity index (χ0) is 18.0. The number of benzene rings is 1. The van der Waals surface area contributed by atoms with Crippen molar-refractivity contribution in [1.82, 2.24) is 5.43 Å². The number of rotatable bonds is 4. The zero-order valence-corrected chi connectivity index (χ0v) is 15.4. The van der Waals surface area contributed by atoms with E-state index in [-0.39, 0.29) is 11.7 Å². The molecule has 0 saturated heterocycles. The van der Waals surface area contributed by atoms with Crippen molar-refractivity contribution in [2.75, 3.05) is 7.11 Å². The molecule has 1 aromatic carbocycles. The number of aromatic hydroxyl groups is 1. The number of phenols is 1. The minimum absolute atomic E-state index is 0.0943. The summed E-state index contributed by atoms with van der Waals surface area (Å²) >= 11 is 1.55. The van der Waals surface area contributed by atoms with Gasteiger partial charge < -0.3 is 9.84 Å². The SMILES string of the molecule is COc1ccc(O)c(/C(C)=N/NC(=O)c2cc3c(s2)CCC(C)C3)c1. The fourth-order valence-corrected chi connectivity index (χ4v) is 4.10. The molecular weight excluding hydrogens is 336 g/mol. The van der Waals surface area contributed by atoms with Crippen molar-refractivity contribution >= 4 is 23.0 Å². The lowest BCUT2D eigenvalue weighted by Gasteiger charge is -2.16. The third kappa shape index (κ3) is 3.85. The van der Waals surface area contributed by atoms with Crippen LogP contribution in [0.15, 0.2) is 29.4 Å². The molecule has 1 heterocycles. The number of fused-ring (bicyclic) bond motifs is 1. The molecule has 0 radical (unpaired) electrons. The first kappa shape index (κ1) is 17.5. The molecule has 0 saturated carbocycles. The topological polar surface area (TPSA) is 70.9 Å². The number of carbonyl (C=O) groups excluding carboxylic acids is 1. The van der Waals surface area contributed by atoms with Gasteiger partial charge in [0.05, 0.1) is 17.7 Å². The first-order valence-electron chi connectivity index (χ1n) is 8.31. The van der Waals surface area contributed by atoms with Crippen LogP contribution >= 0.6 is 11.3 Å². The highest BCUT2D eigenvalue weighted by Gasteiger charge is 2.20. The van der Waals surface area contributed by atoms with E-state index in [2.05, 4.69) is 17.5 Å². The summed E-state index contributed by atoms with van der Waals surface area (Å²) < 4.78 is 5.16. The highest BCUT2D eigenvalue weighted by atomic mass is 32.1. The predicted octanol–water partition coefficient (Wildman–Crippen LogP) is 3.74. The van der Waals surface area contributed by atoms with Gasteiger partial charge in [-0.15, -0.1) is 11.3 Å². The lowest BCUT2D eigenvalue weighted by Crippen LogP contribution is -2.18. The Kier molecular flexibility index (Phi) is 5.08. The molecule has 0 fully saturated rings. The van der Waals surface area contributed by atoms with Crippen LogP contribution in [0.4, 0.5) is 0 Å². The summed E-state index contributed by atoms with van der Waals surface area (Å²) in [6, 6.07) is 6.88. The van der Waals surface area contributed by atoms with Crippen molar-refractivity contribution in [2.24, 2.45) is 11.0 Å². The van der Waals surface area contributed by atoms with E-state index in [1.54, 1.807) is 43.6 Å². The Labute approximate surface area is 151 Å². The number of methoxy groups -OCH3 is 1. The summed E-state index contributed by atoms with van der Waals surface area (Å²) in [6.45, 7) is 3.98. The van der Waals surface area contributed by atoms with Crippen molar-refractivity contribution in [2.45, 2.75) is 33.1 Å². The van der Waals surface area contributed by atoms with Crippen molar-refractivity contribution < 1.29 is 14.6 Å². The van der Waals surface area contributed by atoms with Crippen LogP contribution in [0.2, 0.25) is 0 Å². The summed E-state index contributed by atoms with van der Waals surface area (Å²) in [7, 11) is 1.56. The van der Waals surface area contributed by atoms with E-state index in [0.29, 0.717) is 27.8 Å². The van der Waals surface area contributed by atoms with Crippen LogP contribution in [0.1, 0.15) is 45.9 Å². The lowest BCUT2D eigenvalue weighted by atomic mass is 9.90. The van der Waals surface area contributed by atoms with Gasteiger partial charge in [-0.1, -0.05) is 6.92 Å². The summed E-state index contributed by atoms with van der Waals surface area (Å²) in [5.41, 5.74) is 4.92. The smallest absolute Gasteiger partial charge is 0.281 e. The first-order chi connectivity index (χ1) is 12.0. The summed E-state index contributed by atoms with van der Waals surface area (Å²) in [5.74, 6) is 1.17. The second kappa shape index (κ2) is 7.27. The second-order valence-corrected chi connectivity index (χ2v) is 7.57. The number of ether oxygens (including phenoxy) is 1. The van der Waals surface area contributed by atoms with Crippen molar-refractivity contribution in [3.05, 3.63) is 45.1 Å². The molecule has 1 amide bonds. The molecule has 0 aliphatic heterocycles. The van der Waals surface area contributed by atoms with Crippen molar-refractivity contribution in [1.29, 1.82) is 0 Å². The van der Waals surface area contributed by atoms with E-state index in [1.807, 2.05) is 6.07 Å². The van der Waals surface area contributed by atoms with E-state index >= 15 is 0 Å². The van der Waals surface area contributed by atoms with Crippen LogP contribution in [0, 0.1) is 5.92 Å². The van der Waals surface area contributed by atoms with Crippen LogP contribution in [0.25, 0.3) is 0 Å². The fraction of sp³-hybridized carbons (Fsp3) is 0.368. The van der Waals surface area contributed by atoms with Gasteiger partial charge in [0.15, 0.2) is 0 Å². The monoisotopic (exact) mass is 358 g/mol. The molecule has 1 aliphatic carbocycles. The molecule has 6 heteroatoms. The molecule has 2 N–H and O–H groups in total. The Morgan fingerprint density at radius 2 is 2.20 bits per heavy atom. The molecule has 1 unspecified atom stereocenters. The van der Waals surface area contributed by atoms with Crippen molar-refractivity contribution in [3.8, 4) is 11.5 Å². The number of hydrogen-bond acceptors (Lipinski definition) is 5. The van der Waals surface area contributed by atoms with Gasteiger partial charge in [-0.05, 0) is 61.9 Å². The maximum atomic E-state index is 12.4. The molecule has 1 atom stereocenters. The van der Waals surface area contributed by atoms with Gasteiger partial charge in [-0.3, -0.25) is 4.79 Å². The largest absolute Gasteiger partial charge is 0.507 e. The average Bonchev–Trinajstić information content (AvgIpc) is 3.03. The van der Waals surface area contributed by atoms with E-state index in [9.17, 15) is 9.90 Å².